The zero-order valence-electron chi connectivity index (χ0n) is 21.9. The Bertz CT molecular complexity index is 1820. The van der Waals surface area contributed by atoms with Gasteiger partial charge in [-0.15, -0.1) is 0 Å². The molecule has 3 atom stereocenters. The number of thiazole rings is 1. The van der Waals surface area contributed by atoms with Crippen molar-refractivity contribution in [3.63, 3.8) is 0 Å². The standard InChI is InChI=1S/C30H25ClN2O6S/c1-30-25(28(35)37-3)26(21-9-4-5-10-23(21)39-30)33-27(34)24(40-29(33)32-30)14-17-11-12-22(36-2)18(13-17)16-38-20-8-6-7-19(31)15-20/h4-15,25-26H,16H2,1-3H3/t25-,26-,30-/m1/s1. The number of fused-ring (bicyclic) bond motifs is 6. The molecule has 0 radical (unpaired) electrons. The van der Waals surface area contributed by atoms with E-state index in [-0.39, 0.29) is 12.2 Å². The van der Waals surface area contributed by atoms with Crippen LogP contribution in [0.5, 0.6) is 17.2 Å². The lowest BCUT2D eigenvalue weighted by molar-refractivity contribution is -0.158. The van der Waals surface area contributed by atoms with Crippen molar-refractivity contribution in [1.29, 1.82) is 0 Å². The predicted molar refractivity (Wildman–Crippen MR) is 151 cm³/mol. The molecule has 3 aromatic carbocycles. The van der Waals surface area contributed by atoms with Gasteiger partial charge in [0.15, 0.2) is 4.80 Å². The van der Waals surface area contributed by atoms with Gasteiger partial charge in [0, 0.05) is 16.1 Å². The highest BCUT2D eigenvalue weighted by Gasteiger charge is 2.55. The van der Waals surface area contributed by atoms with E-state index in [2.05, 4.69) is 0 Å². The second-order valence-corrected chi connectivity index (χ2v) is 11.1. The van der Waals surface area contributed by atoms with Gasteiger partial charge in [-0.05, 0) is 55.0 Å². The van der Waals surface area contributed by atoms with Crippen molar-refractivity contribution in [3.8, 4) is 17.2 Å². The number of rotatable bonds is 6. The average Bonchev–Trinajstić information content (AvgIpc) is 3.24. The number of ether oxygens (including phenoxy) is 4. The molecular weight excluding hydrogens is 552 g/mol. The minimum absolute atomic E-state index is 0.242. The first-order chi connectivity index (χ1) is 19.3. The monoisotopic (exact) mass is 576 g/mol. The lowest BCUT2D eigenvalue weighted by Crippen LogP contribution is -2.58. The molecule has 6 rings (SSSR count). The molecule has 0 saturated heterocycles. The van der Waals surface area contributed by atoms with Crippen LogP contribution in [0.25, 0.3) is 6.08 Å². The summed E-state index contributed by atoms with van der Waals surface area (Å²) in [6, 6.07) is 19.6. The first kappa shape index (κ1) is 26.2. The topological polar surface area (TPSA) is 88.4 Å². The van der Waals surface area contributed by atoms with Gasteiger partial charge < -0.3 is 18.9 Å². The van der Waals surface area contributed by atoms with Gasteiger partial charge in [-0.25, -0.2) is 4.99 Å². The Morgan fingerprint density at radius 1 is 1.15 bits per heavy atom. The fourth-order valence-electron chi connectivity index (χ4n) is 5.30. The third-order valence-electron chi connectivity index (χ3n) is 7.13. The summed E-state index contributed by atoms with van der Waals surface area (Å²) in [4.78, 5) is 32.1. The Labute approximate surface area is 238 Å². The van der Waals surface area contributed by atoms with Crippen molar-refractivity contribution < 1.29 is 23.7 Å². The summed E-state index contributed by atoms with van der Waals surface area (Å²) in [5.41, 5.74) is 0.874. The van der Waals surface area contributed by atoms with Crippen molar-refractivity contribution in [3.05, 3.63) is 108 Å². The number of methoxy groups -OCH3 is 2. The van der Waals surface area contributed by atoms with E-state index < -0.39 is 23.7 Å². The van der Waals surface area contributed by atoms with Crippen molar-refractivity contribution >= 4 is 35.0 Å². The second kappa shape index (κ2) is 10.1. The quantitative estimate of drug-likeness (QED) is 0.321. The number of hydrogen-bond donors (Lipinski definition) is 0. The number of halogens is 1. The SMILES string of the molecule is COC(=O)[C@H]1[C@H]2c3ccccc3O[C@@]1(C)N=c1sc(=Cc3ccc(OC)c(COc4cccc(Cl)c4)c3)c(=O)n12. The number of carbonyl (C=O) groups is 1. The summed E-state index contributed by atoms with van der Waals surface area (Å²) in [5.74, 6) is 0.577. The third-order valence-corrected chi connectivity index (χ3v) is 8.35. The Morgan fingerprint density at radius 2 is 1.98 bits per heavy atom. The van der Waals surface area contributed by atoms with E-state index in [1.807, 2.05) is 60.7 Å². The summed E-state index contributed by atoms with van der Waals surface area (Å²) in [6.07, 6.45) is 1.81. The van der Waals surface area contributed by atoms with E-state index >= 15 is 0 Å². The van der Waals surface area contributed by atoms with Crippen LogP contribution in [0.15, 0.2) is 76.5 Å². The number of para-hydroxylation sites is 1. The molecule has 0 aliphatic carbocycles. The maximum Gasteiger partial charge on any atom is 0.317 e. The van der Waals surface area contributed by atoms with Crippen LogP contribution in [0.1, 0.15) is 29.7 Å². The maximum atomic E-state index is 13.9. The molecule has 8 nitrogen and oxygen atoms in total. The summed E-state index contributed by atoms with van der Waals surface area (Å²) in [6.45, 7) is 2.00. The molecule has 1 aromatic heterocycles. The van der Waals surface area contributed by atoms with Crippen molar-refractivity contribution in [1.82, 2.24) is 4.57 Å². The number of nitrogens with zero attached hydrogens (tertiary/aromatic N) is 2. The number of hydrogen-bond acceptors (Lipinski definition) is 8. The number of esters is 1. The van der Waals surface area contributed by atoms with Crippen LogP contribution in [0.4, 0.5) is 0 Å². The Balaban J connectivity index is 1.44. The van der Waals surface area contributed by atoms with E-state index in [9.17, 15) is 9.59 Å². The largest absolute Gasteiger partial charge is 0.496 e. The van der Waals surface area contributed by atoms with E-state index in [0.29, 0.717) is 31.6 Å². The Hall–Kier alpha value is -4.08. The van der Waals surface area contributed by atoms with Gasteiger partial charge in [-0.3, -0.25) is 14.2 Å². The lowest BCUT2D eigenvalue weighted by Gasteiger charge is -2.44. The minimum Gasteiger partial charge on any atom is -0.496 e. The van der Waals surface area contributed by atoms with Crippen LogP contribution >= 0.6 is 22.9 Å². The van der Waals surface area contributed by atoms with E-state index in [0.717, 1.165) is 16.7 Å². The zero-order chi connectivity index (χ0) is 28.0. The Kier molecular flexibility index (Phi) is 6.64. The van der Waals surface area contributed by atoms with Crippen LogP contribution in [-0.2, 0) is 16.1 Å². The molecule has 0 amide bonds. The van der Waals surface area contributed by atoms with Crippen LogP contribution in [0.3, 0.4) is 0 Å². The minimum atomic E-state index is -1.22. The predicted octanol–water partition coefficient (Wildman–Crippen LogP) is 4.10. The lowest BCUT2D eigenvalue weighted by atomic mass is 9.81. The fourth-order valence-corrected chi connectivity index (χ4v) is 6.58. The third kappa shape index (κ3) is 4.45. The summed E-state index contributed by atoms with van der Waals surface area (Å²) >= 11 is 7.34. The second-order valence-electron chi connectivity index (χ2n) is 9.64. The molecular formula is C30H25ClN2O6S. The highest BCUT2D eigenvalue weighted by atomic mass is 35.5. The fraction of sp³-hybridized carbons (Fsp3) is 0.233. The number of carbonyl (C=O) groups excluding carboxylic acids is 1. The van der Waals surface area contributed by atoms with Gasteiger partial charge in [-0.2, -0.15) is 0 Å². The summed E-state index contributed by atoms with van der Waals surface area (Å²) in [7, 11) is 2.93. The molecule has 0 spiro atoms. The molecule has 10 heteroatoms. The van der Waals surface area contributed by atoms with Crippen LogP contribution in [0, 0.1) is 5.92 Å². The Morgan fingerprint density at radius 3 is 2.75 bits per heavy atom. The van der Waals surface area contributed by atoms with Gasteiger partial charge >= 0.3 is 5.97 Å². The smallest absolute Gasteiger partial charge is 0.317 e. The van der Waals surface area contributed by atoms with Crippen molar-refractivity contribution in [2.75, 3.05) is 14.2 Å². The highest BCUT2D eigenvalue weighted by molar-refractivity contribution is 7.07. The molecule has 0 unspecified atom stereocenters. The van der Waals surface area contributed by atoms with Crippen LogP contribution in [-0.4, -0.2) is 30.5 Å². The van der Waals surface area contributed by atoms with E-state index in [1.54, 1.807) is 30.7 Å². The summed E-state index contributed by atoms with van der Waals surface area (Å²) < 4.78 is 24.9. The zero-order valence-corrected chi connectivity index (χ0v) is 23.5. The first-order valence-corrected chi connectivity index (χ1v) is 13.7. The van der Waals surface area contributed by atoms with Crippen LogP contribution < -0.4 is 29.1 Å². The molecule has 0 saturated carbocycles. The molecule has 2 bridgehead atoms. The average molecular weight is 577 g/mol. The molecule has 4 aromatic rings. The normalized spacial score (nSPS) is 20.9. The number of aromatic nitrogens is 1. The molecule has 3 heterocycles. The number of benzene rings is 3. The van der Waals surface area contributed by atoms with Crippen LogP contribution in [0.2, 0.25) is 5.02 Å². The molecule has 2 aliphatic rings. The molecule has 0 fully saturated rings. The molecule has 0 N–H and O–H groups in total. The van der Waals surface area contributed by atoms with Gasteiger partial charge in [0.05, 0.1) is 24.8 Å². The maximum absolute atomic E-state index is 13.9. The van der Waals surface area contributed by atoms with E-state index in [4.69, 9.17) is 35.5 Å². The van der Waals surface area contributed by atoms with Crippen molar-refractivity contribution in [2.45, 2.75) is 25.3 Å². The van der Waals surface area contributed by atoms with Gasteiger partial charge in [0.2, 0.25) is 5.72 Å². The molecule has 2 aliphatic heterocycles. The van der Waals surface area contributed by atoms with Gasteiger partial charge in [-0.1, -0.05) is 53.3 Å². The summed E-state index contributed by atoms with van der Waals surface area (Å²) in [5, 5.41) is 0.583. The highest BCUT2D eigenvalue weighted by Crippen LogP contribution is 2.47. The molecule has 204 valence electrons. The van der Waals surface area contributed by atoms with Gasteiger partial charge in [0.25, 0.3) is 5.56 Å². The van der Waals surface area contributed by atoms with E-state index in [1.165, 1.54) is 18.4 Å². The van der Waals surface area contributed by atoms with Gasteiger partial charge in [0.1, 0.15) is 29.8 Å². The first-order valence-electron chi connectivity index (χ1n) is 12.6. The molecule has 40 heavy (non-hydrogen) atoms. The van der Waals surface area contributed by atoms with Crippen molar-refractivity contribution in [2.24, 2.45) is 10.9 Å².